The lowest BCUT2D eigenvalue weighted by Gasteiger charge is -2.28. The van der Waals surface area contributed by atoms with Crippen molar-refractivity contribution in [3.63, 3.8) is 0 Å². The molecule has 0 amide bonds. The highest BCUT2D eigenvalue weighted by Gasteiger charge is 2.21. The van der Waals surface area contributed by atoms with E-state index < -0.39 is 0 Å². The van der Waals surface area contributed by atoms with Crippen molar-refractivity contribution in [1.29, 1.82) is 0 Å². The lowest BCUT2D eigenvalue weighted by Crippen LogP contribution is -2.25. The Morgan fingerprint density at radius 3 is 2.83 bits per heavy atom. The molecule has 2 heteroatoms. The fourth-order valence-corrected chi connectivity index (χ4v) is 2.78. The maximum absolute atomic E-state index is 6.20. The largest absolute Gasteiger partial charge is 0.490 e. The summed E-state index contributed by atoms with van der Waals surface area (Å²) in [6, 6.07) is 8.32. The van der Waals surface area contributed by atoms with Gasteiger partial charge < -0.3 is 10.5 Å². The minimum Gasteiger partial charge on any atom is -0.490 e. The molecule has 1 aromatic carbocycles. The van der Waals surface area contributed by atoms with E-state index in [0.717, 1.165) is 23.7 Å². The molecule has 2 rings (SSSR count). The van der Waals surface area contributed by atoms with Gasteiger partial charge in [-0.25, -0.2) is 0 Å². The maximum Gasteiger partial charge on any atom is 0.124 e. The molecule has 1 fully saturated rings. The monoisotopic (exact) mass is 247 g/mol. The van der Waals surface area contributed by atoms with E-state index in [-0.39, 0.29) is 6.04 Å². The molecule has 0 bridgehead atoms. The summed E-state index contributed by atoms with van der Waals surface area (Å²) in [6.07, 6.45) is 6.31. The molecule has 0 radical (unpaired) electrons. The van der Waals surface area contributed by atoms with E-state index in [4.69, 9.17) is 10.5 Å². The lowest BCUT2D eigenvalue weighted by atomic mass is 9.88. The van der Waals surface area contributed by atoms with Crippen LogP contribution in [0.4, 0.5) is 0 Å². The van der Waals surface area contributed by atoms with Crippen LogP contribution < -0.4 is 10.5 Å². The van der Waals surface area contributed by atoms with Crippen LogP contribution in [0.3, 0.4) is 0 Å². The number of nitrogens with two attached hydrogens (primary N) is 1. The maximum atomic E-state index is 6.20. The second-order valence-corrected chi connectivity index (χ2v) is 5.56. The number of ether oxygens (including phenoxy) is 1. The van der Waals surface area contributed by atoms with E-state index in [1.54, 1.807) is 0 Å². The van der Waals surface area contributed by atoms with Crippen LogP contribution in [-0.2, 0) is 0 Å². The van der Waals surface area contributed by atoms with Gasteiger partial charge in [-0.15, -0.1) is 0 Å². The summed E-state index contributed by atoms with van der Waals surface area (Å²) in [6.45, 7) is 4.43. The first kappa shape index (κ1) is 13.4. The summed E-state index contributed by atoms with van der Waals surface area (Å²) in [5, 5.41) is 0. The summed E-state index contributed by atoms with van der Waals surface area (Å²) >= 11 is 0. The number of rotatable bonds is 4. The Morgan fingerprint density at radius 1 is 1.33 bits per heavy atom. The van der Waals surface area contributed by atoms with Gasteiger partial charge in [0.25, 0.3) is 0 Å². The molecular weight excluding hydrogens is 222 g/mol. The van der Waals surface area contributed by atoms with Crippen LogP contribution in [0.1, 0.15) is 57.6 Å². The van der Waals surface area contributed by atoms with Gasteiger partial charge in [0.1, 0.15) is 5.75 Å². The van der Waals surface area contributed by atoms with Gasteiger partial charge in [0.05, 0.1) is 6.10 Å². The number of para-hydroxylation sites is 1. The topological polar surface area (TPSA) is 35.2 Å². The molecule has 1 aliphatic rings. The zero-order valence-corrected chi connectivity index (χ0v) is 11.6. The van der Waals surface area contributed by atoms with E-state index >= 15 is 0 Å². The Morgan fingerprint density at radius 2 is 2.11 bits per heavy atom. The van der Waals surface area contributed by atoms with Crippen LogP contribution in [0.5, 0.6) is 5.75 Å². The molecule has 0 aliphatic heterocycles. The molecule has 0 aromatic heterocycles. The quantitative estimate of drug-likeness (QED) is 0.871. The third kappa shape index (κ3) is 3.26. The van der Waals surface area contributed by atoms with Crippen LogP contribution in [0, 0.1) is 5.92 Å². The van der Waals surface area contributed by atoms with E-state index in [0.29, 0.717) is 6.10 Å². The molecule has 3 atom stereocenters. The fourth-order valence-electron chi connectivity index (χ4n) is 2.78. The summed E-state index contributed by atoms with van der Waals surface area (Å²) in [5.74, 6) is 1.78. The van der Waals surface area contributed by atoms with E-state index in [2.05, 4.69) is 26.0 Å². The van der Waals surface area contributed by atoms with Crippen molar-refractivity contribution in [3.05, 3.63) is 29.8 Å². The Balaban J connectivity index is 2.08. The Bertz CT molecular complexity index is 377. The average molecular weight is 247 g/mol. The first-order valence-electron chi connectivity index (χ1n) is 7.21. The van der Waals surface area contributed by atoms with E-state index in [9.17, 15) is 0 Å². The number of hydrogen-bond acceptors (Lipinski definition) is 2. The smallest absolute Gasteiger partial charge is 0.124 e. The molecule has 2 nitrogen and oxygen atoms in total. The Labute approximate surface area is 111 Å². The normalized spacial score (nSPS) is 25.7. The van der Waals surface area contributed by atoms with Crippen LogP contribution >= 0.6 is 0 Å². The van der Waals surface area contributed by atoms with Gasteiger partial charge in [-0.05, 0) is 37.7 Å². The molecule has 1 aliphatic carbocycles. The minimum absolute atomic E-state index is 0.0854. The molecule has 18 heavy (non-hydrogen) atoms. The van der Waals surface area contributed by atoms with Crippen LogP contribution in [-0.4, -0.2) is 6.10 Å². The minimum atomic E-state index is 0.0854. The van der Waals surface area contributed by atoms with Gasteiger partial charge in [-0.1, -0.05) is 38.5 Å². The highest BCUT2D eigenvalue weighted by atomic mass is 16.5. The standard InChI is InChI=1S/C16H25NO/c1-3-15(17)14-9-4-5-10-16(14)18-13-8-6-7-12(2)11-13/h4-5,9-10,12-13,15H,3,6-8,11,17H2,1-2H3. The van der Waals surface area contributed by atoms with E-state index in [1.165, 1.54) is 25.7 Å². The first-order valence-corrected chi connectivity index (χ1v) is 7.21. The second kappa shape index (κ2) is 6.24. The number of hydrogen-bond donors (Lipinski definition) is 1. The van der Waals surface area contributed by atoms with Crippen molar-refractivity contribution in [1.82, 2.24) is 0 Å². The van der Waals surface area contributed by atoms with Crippen LogP contribution in [0.25, 0.3) is 0 Å². The van der Waals surface area contributed by atoms with Gasteiger partial charge >= 0.3 is 0 Å². The molecular formula is C16H25NO. The van der Waals surface area contributed by atoms with Crippen molar-refractivity contribution < 1.29 is 4.74 Å². The van der Waals surface area contributed by atoms with Crippen molar-refractivity contribution in [2.24, 2.45) is 11.7 Å². The summed E-state index contributed by atoms with van der Waals surface area (Å²) in [4.78, 5) is 0. The van der Waals surface area contributed by atoms with Crippen LogP contribution in [0.2, 0.25) is 0 Å². The molecule has 1 saturated carbocycles. The molecule has 0 heterocycles. The van der Waals surface area contributed by atoms with Gasteiger partial charge in [0.15, 0.2) is 0 Å². The summed E-state index contributed by atoms with van der Waals surface area (Å²) in [5.41, 5.74) is 7.30. The van der Waals surface area contributed by atoms with Crippen molar-refractivity contribution >= 4 is 0 Å². The molecule has 0 saturated heterocycles. The summed E-state index contributed by atoms with van der Waals surface area (Å²) in [7, 11) is 0. The zero-order valence-electron chi connectivity index (χ0n) is 11.6. The van der Waals surface area contributed by atoms with Crippen LogP contribution in [0.15, 0.2) is 24.3 Å². The van der Waals surface area contributed by atoms with Gasteiger partial charge in [0, 0.05) is 11.6 Å². The third-order valence-corrected chi connectivity index (χ3v) is 3.94. The predicted octanol–water partition coefficient (Wildman–Crippen LogP) is 4.05. The highest BCUT2D eigenvalue weighted by molar-refractivity contribution is 5.35. The summed E-state index contributed by atoms with van der Waals surface area (Å²) < 4.78 is 6.20. The Kier molecular flexibility index (Phi) is 4.65. The SMILES string of the molecule is CCC(N)c1ccccc1OC1CCCC(C)C1. The van der Waals surface area contributed by atoms with Gasteiger partial charge in [0.2, 0.25) is 0 Å². The van der Waals surface area contributed by atoms with Gasteiger partial charge in [-0.2, -0.15) is 0 Å². The third-order valence-electron chi connectivity index (χ3n) is 3.94. The molecule has 2 N–H and O–H groups in total. The zero-order chi connectivity index (χ0) is 13.0. The lowest BCUT2D eigenvalue weighted by molar-refractivity contribution is 0.127. The molecule has 1 aromatic rings. The average Bonchev–Trinajstić information content (AvgIpc) is 2.38. The Hall–Kier alpha value is -1.02. The molecule has 3 unspecified atom stereocenters. The number of benzene rings is 1. The van der Waals surface area contributed by atoms with Crippen molar-refractivity contribution in [2.45, 2.75) is 58.1 Å². The fraction of sp³-hybridized carbons (Fsp3) is 0.625. The van der Waals surface area contributed by atoms with E-state index in [1.807, 2.05) is 12.1 Å². The molecule has 100 valence electrons. The van der Waals surface area contributed by atoms with Crippen molar-refractivity contribution in [2.75, 3.05) is 0 Å². The molecule has 0 spiro atoms. The first-order chi connectivity index (χ1) is 8.70. The second-order valence-electron chi connectivity index (χ2n) is 5.56. The van der Waals surface area contributed by atoms with Gasteiger partial charge in [-0.3, -0.25) is 0 Å². The highest BCUT2D eigenvalue weighted by Crippen LogP contribution is 2.31. The van der Waals surface area contributed by atoms with Crippen molar-refractivity contribution in [3.8, 4) is 5.75 Å². The predicted molar refractivity (Wildman–Crippen MR) is 75.7 cm³/mol.